The minimum atomic E-state index is 0.348. The summed E-state index contributed by atoms with van der Waals surface area (Å²) in [5.41, 5.74) is 7.16. The van der Waals surface area contributed by atoms with Gasteiger partial charge in [-0.15, -0.1) is 11.3 Å². The van der Waals surface area contributed by atoms with Crippen molar-refractivity contribution in [2.24, 2.45) is 5.73 Å². The number of nitrogens with zero attached hydrogens (tertiary/aromatic N) is 1. The zero-order valence-corrected chi connectivity index (χ0v) is 12.4. The summed E-state index contributed by atoms with van der Waals surface area (Å²) >= 11 is 1.83. The van der Waals surface area contributed by atoms with Gasteiger partial charge < -0.3 is 10.5 Å². The molecule has 0 aliphatic carbocycles. The summed E-state index contributed by atoms with van der Waals surface area (Å²) in [5, 5.41) is 0. The summed E-state index contributed by atoms with van der Waals surface area (Å²) in [5.74, 6) is 0. The van der Waals surface area contributed by atoms with Crippen molar-refractivity contribution in [3.63, 3.8) is 0 Å². The molecule has 1 saturated heterocycles. The van der Waals surface area contributed by atoms with Crippen molar-refractivity contribution in [3.05, 3.63) is 21.4 Å². The Morgan fingerprint density at radius 1 is 1.56 bits per heavy atom. The molecular weight excluding hydrogens is 244 g/mol. The van der Waals surface area contributed by atoms with Crippen molar-refractivity contribution < 1.29 is 4.74 Å². The molecule has 0 amide bonds. The second-order valence-electron chi connectivity index (χ2n) is 5.13. The van der Waals surface area contributed by atoms with E-state index in [0.717, 1.165) is 26.1 Å². The van der Waals surface area contributed by atoms with Crippen LogP contribution in [0.1, 0.15) is 35.6 Å². The van der Waals surface area contributed by atoms with Gasteiger partial charge in [-0.25, -0.2) is 0 Å². The number of aryl methyl sites for hydroxylation is 1. The van der Waals surface area contributed by atoms with Gasteiger partial charge in [-0.05, 0) is 31.9 Å². The van der Waals surface area contributed by atoms with E-state index in [9.17, 15) is 0 Å². The number of nitrogens with two attached hydrogens (primary N) is 1. The topological polar surface area (TPSA) is 38.5 Å². The van der Waals surface area contributed by atoms with Crippen molar-refractivity contribution in [1.29, 1.82) is 0 Å². The predicted octanol–water partition coefficient (Wildman–Crippen LogP) is 2.51. The van der Waals surface area contributed by atoms with Crippen LogP contribution in [-0.4, -0.2) is 30.2 Å². The zero-order valence-electron chi connectivity index (χ0n) is 11.6. The number of hydrogen-bond donors (Lipinski definition) is 1. The van der Waals surface area contributed by atoms with Crippen LogP contribution in [0.3, 0.4) is 0 Å². The Balaban J connectivity index is 2.07. The standard InChI is InChI=1S/C14H24N2OS/c1-4-13-9-17-10(2)7-16(13)8-12-5-14(6-15)18-11(12)3/h5,10,13H,4,6-9,15H2,1-3H3. The molecule has 2 heterocycles. The highest BCUT2D eigenvalue weighted by atomic mass is 32.1. The van der Waals surface area contributed by atoms with E-state index >= 15 is 0 Å². The first-order chi connectivity index (χ1) is 8.63. The fraction of sp³-hybridized carbons (Fsp3) is 0.714. The summed E-state index contributed by atoms with van der Waals surface area (Å²) in [4.78, 5) is 5.25. The van der Waals surface area contributed by atoms with Crippen molar-refractivity contribution >= 4 is 11.3 Å². The van der Waals surface area contributed by atoms with E-state index in [1.807, 2.05) is 11.3 Å². The van der Waals surface area contributed by atoms with Gasteiger partial charge in [0.05, 0.1) is 12.7 Å². The Labute approximate surface area is 114 Å². The maximum absolute atomic E-state index is 5.75. The third-order valence-corrected chi connectivity index (χ3v) is 4.81. The lowest BCUT2D eigenvalue weighted by Crippen LogP contribution is -2.47. The molecule has 0 saturated carbocycles. The molecule has 1 aliphatic heterocycles. The Hall–Kier alpha value is -0.420. The fourth-order valence-electron chi connectivity index (χ4n) is 2.55. The minimum absolute atomic E-state index is 0.348. The van der Waals surface area contributed by atoms with Gasteiger partial charge >= 0.3 is 0 Å². The molecule has 0 aromatic carbocycles. The molecule has 3 nitrogen and oxygen atoms in total. The van der Waals surface area contributed by atoms with E-state index < -0.39 is 0 Å². The lowest BCUT2D eigenvalue weighted by Gasteiger charge is -2.38. The molecule has 4 heteroatoms. The van der Waals surface area contributed by atoms with E-state index in [-0.39, 0.29) is 0 Å². The third-order valence-electron chi connectivity index (χ3n) is 3.70. The van der Waals surface area contributed by atoms with Crippen molar-refractivity contribution in [1.82, 2.24) is 4.90 Å². The molecule has 0 spiro atoms. The van der Waals surface area contributed by atoms with Crippen LogP contribution in [0.15, 0.2) is 6.07 Å². The molecule has 0 bridgehead atoms. The second-order valence-corrected chi connectivity index (χ2v) is 6.47. The molecule has 102 valence electrons. The molecule has 2 atom stereocenters. The average molecular weight is 268 g/mol. The number of morpholine rings is 1. The molecule has 2 unspecified atom stereocenters. The Bertz CT molecular complexity index is 391. The third kappa shape index (κ3) is 3.12. The highest BCUT2D eigenvalue weighted by Gasteiger charge is 2.26. The van der Waals surface area contributed by atoms with Crippen LogP contribution in [0, 0.1) is 6.92 Å². The van der Waals surface area contributed by atoms with Gasteiger partial charge in [0.2, 0.25) is 0 Å². The van der Waals surface area contributed by atoms with Crippen molar-refractivity contribution in [2.45, 2.75) is 52.4 Å². The molecule has 18 heavy (non-hydrogen) atoms. The number of rotatable bonds is 4. The van der Waals surface area contributed by atoms with Gasteiger partial charge in [0.25, 0.3) is 0 Å². The molecule has 0 radical (unpaired) electrons. The lowest BCUT2D eigenvalue weighted by molar-refractivity contribution is -0.0592. The molecule has 1 aliphatic rings. The Morgan fingerprint density at radius 3 is 2.94 bits per heavy atom. The molecular formula is C14H24N2OS. The van der Waals surface area contributed by atoms with Crippen LogP contribution in [-0.2, 0) is 17.8 Å². The van der Waals surface area contributed by atoms with Gasteiger partial charge in [0.15, 0.2) is 0 Å². The minimum Gasteiger partial charge on any atom is -0.376 e. The van der Waals surface area contributed by atoms with Gasteiger partial charge in [-0.1, -0.05) is 6.92 Å². The Morgan fingerprint density at radius 2 is 2.33 bits per heavy atom. The van der Waals surface area contributed by atoms with E-state index in [1.165, 1.54) is 15.3 Å². The van der Waals surface area contributed by atoms with Crippen LogP contribution < -0.4 is 5.73 Å². The number of hydrogen-bond acceptors (Lipinski definition) is 4. The fourth-order valence-corrected chi connectivity index (χ4v) is 3.48. The summed E-state index contributed by atoms with van der Waals surface area (Å²) < 4.78 is 5.75. The first-order valence-electron chi connectivity index (χ1n) is 6.78. The highest BCUT2D eigenvalue weighted by molar-refractivity contribution is 7.12. The van der Waals surface area contributed by atoms with Gasteiger partial charge in [0, 0.05) is 35.4 Å². The summed E-state index contributed by atoms with van der Waals surface area (Å²) in [7, 11) is 0. The van der Waals surface area contributed by atoms with Crippen LogP contribution >= 0.6 is 11.3 Å². The van der Waals surface area contributed by atoms with Crippen molar-refractivity contribution in [3.8, 4) is 0 Å². The van der Waals surface area contributed by atoms with Gasteiger partial charge in [-0.3, -0.25) is 4.90 Å². The molecule has 1 aromatic heterocycles. The first-order valence-corrected chi connectivity index (χ1v) is 7.59. The number of ether oxygens (including phenoxy) is 1. The van der Waals surface area contributed by atoms with E-state index in [4.69, 9.17) is 10.5 Å². The highest BCUT2D eigenvalue weighted by Crippen LogP contribution is 2.25. The van der Waals surface area contributed by atoms with Crippen LogP contribution in [0.2, 0.25) is 0 Å². The van der Waals surface area contributed by atoms with Crippen molar-refractivity contribution in [2.75, 3.05) is 13.2 Å². The zero-order chi connectivity index (χ0) is 13.1. The normalized spacial score (nSPS) is 25.6. The summed E-state index contributed by atoms with van der Waals surface area (Å²) in [6.45, 7) is 10.2. The van der Waals surface area contributed by atoms with Crippen LogP contribution in [0.5, 0.6) is 0 Å². The van der Waals surface area contributed by atoms with Crippen LogP contribution in [0.25, 0.3) is 0 Å². The molecule has 2 N–H and O–H groups in total. The lowest BCUT2D eigenvalue weighted by atomic mass is 10.1. The maximum Gasteiger partial charge on any atom is 0.0674 e. The number of thiophene rings is 1. The van der Waals surface area contributed by atoms with Crippen LogP contribution in [0.4, 0.5) is 0 Å². The van der Waals surface area contributed by atoms with E-state index in [0.29, 0.717) is 18.7 Å². The maximum atomic E-state index is 5.75. The summed E-state index contributed by atoms with van der Waals surface area (Å²) in [6, 6.07) is 2.83. The van der Waals surface area contributed by atoms with E-state index in [2.05, 4.69) is 31.7 Å². The quantitative estimate of drug-likeness (QED) is 0.912. The Kier molecular flexibility index (Phi) is 4.78. The second kappa shape index (κ2) is 6.15. The SMILES string of the molecule is CCC1COC(C)CN1Cc1cc(CN)sc1C. The van der Waals surface area contributed by atoms with Gasteiger partial charge in [0.1, 0.15) is 0 Å². The monoisotopic (exact) mass is 268 g/mol. The van der Waals surface area contributed by atoms with E-state index in [1.54, 1.807) is 0 Å². The largest absolute Gasteiger partial charge is 0.376 e. The average Bonchev–Trinajstić information content (AvgIpc) is 2.71. The van der Waals surface area contributed by atoms with Gasteiger partial charge in [-0.2, -0.15) is 0 Å². The molecule has 1 aromatic rings. The smallest absolute Gasteiger partial charge is 0.0674 e. The predicted molar refractivity (Wildman–Crippen MR) is 76.9 cm³/mol. The molecule has 1 fully saturated rings. The first kappa shape index (κ1) is 14.0. The molecule has 2 rings (SSSR count). The summed E-state index contributed by atoms with van der Waals surface area (Å²) in [6.07, 6.45) is 1.50.